The first kappa shape index (κ1) is 18.8. The number of nitro benzene ring substituents is 1. The van der Waals surface area contributed by atoms with Gasteiger partial charge in [0, 0.05) is 36.6 Å². The molecule has 0 heterocycles. The predicted octanol–water partition coefficient (Wildman–Crippen LogP) is 4.24. The second-order valence-corrected chi connectivity index (χ2v) is 5.69. The van der Waals surface area contributed by atoms with Crippen molar-refractivity contribution in [1.82, 2.24) is 0 Å². The summed E-state index contributed by atoms with van der Waals surface area (Å²) < 4.78 is 0. The average molecular weight is 349 g/mol. The Balaban J connectivity index is 2.47. The lowest BCUT2D eigenvalue weighted by atomic mass is 10.1. The van der Waals surface area contributed by atoms with Crippen molar-refractivity contribution in [2.45, 2.75) is 20.8 Å². The van der Waals surface area contributed by atoms with Crippen molar-refractivity contribution in [2.24, 2.45) is 0 Å². The molecular formula is C19H19N5O2. The number of anilines is 3. The Hall–Kier alpha value is -3.58. The number of nitrogens with one attached hydrogen (secondary N) is 1. The van der Waals surface area contributed by atoms with E-state index in [1.807, 2.05) is 37.3 Å². The lowest BCUT2D eigenvalue weighted by Gasteiger charge is -2.22. The van der Waals surface area contributed by atoms with Crippen LogP contribution in [0.1, 0.15) is 30.5 Å². The highest BCUT2D eigenvalue weighted by molar-refractivity contribution is 5.77. The van der Waals surface area contributed by atoms with Crippen molar-refractivity contribution in [1.29, 1.82) is 10.5 Å². The number of aryl methyl sites for hydroxylation is 1. The molecule has 0 aromatic heterocycles. The normalized spacial score (nSPS) is 9.88. The van der Waals surface area contributed by atoms with E-state index in [9.17, 15) is 20.6 Å². The van der Waals surface area contributed by atoms with Crippen molar-refractivity contribution < 1.29 is 4.92 Å². The van der Waals surface area contributed by atoms with Gasteiger partial charge in [-0.3, -0.25) is 10.1 Å². The Morgan fingerprint density at radius 2 is 1.69 bits per heavy atom. The molecular weight excluding hydrogens is 330 g/mol. The van der Waals surface area contributed by atoms with E-state index in [4.69, 9.17) is 0 Å². The van der Waals surface area contributed by atoms with Crippen molar-refractivity contribution in [3.63, 3.8) is 0 Å². The third kappa shape index (κ3) is 3.73. The molecule has 0 atom stereocenters. The highest BCUT2D eigenvalue weighted by Gasteiger charge is 2.17. The zero-order chi connectivity index (χ0) is 19.3. The van der Waals surface area contributed by atoms with Crippen LogP contribution in [0.3, 0.4) is 0 Å². The van der Waals surface area contributed by atoms with Gasteiger partial charge in [-0.25, -0.2) is 0 Å². The minimum Gasteiger partial charge on any atom is -0.372 e. The Bertz CT molecular complexity index is 885. The fraction of sp³-hybridized carbons (Fsp3) is 0.263. The van der Waals surface area contributed by atoms with Crippen LogP contribution >= 0.6 is 0 Å². The number of nitriles is 2. The summed E-state index contributed by atoms with van der Waals surface area (Å²) in [5.41, 5.74) is 2.88. The van der Waals surface area contributed by atoms with E-state index in [0.717, 1.165) is 30.0 Å². The van der Waals surface area contributed by atoms with Gasteiger partial charge >= 0.3 is 0 Å². The lowest BCUT2D eigenvalue weighted by Crippen LogP contribution is -2.21. The molecule has 7 nitrogen and oxygen atoms in total. The van der Waals surface area contributed by atoms with E-state index in [-0.39, 0.29) is 22.5 Å². The molecule has 7 heteroatoms. The first-order valence-corrected chi connectivity index (χ1v) is 8.20. The van der Waals surface area contributed by atoms with Crippen LogP contribution in [-0.2, 0) is 0 Å². The monoisotopic (exact) mass is 349 g/mol. The molecule has 2 rings (SSSR count). The standard InChI is InChI=1S/C19H19N5O2/c1-4-23(5-2)16-6-7-18(13(3)8-16)22-19-14(11-20)9-17(24(25)26)10-15(19)12-21/h6-10,22H,4-5H2,1-3H3. The van der Waals surface area contributed by atoms with Gasteiger partial charge in [0.2, 0.25) is 0 Å². The highest BCUT2D eigenvalue weighted by atomic mass is 16.6. The molecule has 26 heavy (non-hydrogen) atoms. The zero-order valence-electron chi connectivity index (χ0n) is 14.9. The molecule has 0 radical (unpaired) electrons. The van der Waals surface area contributed by atoms with Crippen LogP contribution in [0, 0.1) is 39.7 Å². The van der Waals surface area contributed by atoms with Crippen molar-refractivity contribution in [3.8, 4) is 12.1 Å². The number of nitrogens with zero attached hydrogens (tertiary/aromatic N) is 4. The molecule has 0 aliphatic carbocycles. The Labute approximate surface area is 152 Å². The fourth-order valence-electron chi connectivity index (χ4n) is 2.75. The number of benzene rings is 2. The molecule has 1 N–H and O–H groups in total. The molecule has 0 aliphatic heterocycles. The Morgan fingerprint density at radius 1 is 1.12 bits per heavy atom. The summed E-state index contributed by atoms with van der Waals surface area (Å²) in [5, 5.41) is 32.8. The second kappa shape index (κ2) is 8.00. The first-order valence-electron chi connectivity index (χ1n) is 8.20. The van der Waals surface area contributed by atoms with E-state index in [1.54, 1.807) is 0 Å². The van der Waals surface area contributed by atoms with E-state index < -0.39 is 4.92 Å². The third-order valence-electron chi connectivity index (χ3n) is 4.17. The van der Waals surface area contributed by atoms with Crippen LogP contribution in [0.15, 0.2) is 30.3 Å². The molecule has 0 saturated heterocycles. The number of rotatable bonds is 6. The average Bonchev–Trinajstić information content (AvgIpc) is 2.64. The fourth-order valence-corrected chi connectivity index (χ4v) is 2.75. The molecule has 2 aromatic carbocycles. The largest absolute Gasteiger partial charge is 0.372 e. The maximum Gasteiger partial charge on any atom is 0.272 e. The summed E-state index contributed by atoms with van der Waals surface area (Å²) in [6.45, 7) is 7.88. The van der Waals surface area contributed by atoms with Crippen molar-refractivity contribution >= 4 is 22.7 Å². The van der Waals surface area contributed by atoms with Gasteiger partial charge in [0.25, 0.3) is 5.69 Å². The molecule has 0 saturated carbocycles. The van der Waals surface area contributed by atoms with E-state index in [2.05, 4.69) is 24.1 Å². The van der Waals surface area contributed by atoms with E-state index in [1.165, 1.54) is 12.1 Å². The number of nitro groups is 1. The number of hydrogen-bond acceptors (Lipinski definition) is 6. The van der Waals surface area contributed by atoms with Crippen LogP contribution in [0.5, 0.6) is 0 Å². The molecule has 0 amide bonds. The Kier molecular flexibility index (Phi) is 5.77. The highest BCUT2D eigenvalue weighted by Crippen LogP contribution is 2.31. The lowest BCUT2D eigenvalue weighted by molar-refractivity contribution is -0.384. The molecule has 0 spiro atoms. The van der Waals surface area contributed by atoms with Crippen LogP contribution in [0.4, 0.5) is 22.7 Å². The summed E-state index contributed by atoms with van der Waals surface area (Å²) in [5.74, 6) is 0. The van der Waals surface area contributed by atoms with E-state index in [0.29, 0.717) is 0 Å². The summed E-state index contributed by atoms with van der Waals surface area (Å²) in [6, 6.07) is 12.1. The van der Waals surface area contributed by atoms with E-state index >= 15 is 0 Å². The van der Waals surface area contributed by atoms with Gasteiger partial charge < -0.3 is 10.2 Å². The van der Waals surface area contributed by atoms with Gasteiger partial charge in [0.05, 0.1) is 21.7 Å². The maximum absolute atomic E-state index is 11.0. The van der Waals surface area contributed by atoms with Gasteiger partial charge in [-0.05, 0) is 44.5 Å². The molecule has 0 aliphatic rings. The number of non-ortho nitro benzene ring substituents is 1. The maximum atomic E-state index is 11.0. The molecule has 0 unspecified atom stereocenters. The molecule has 0 bridgehead atoms. The number of hydrogen-bond donors (Lipinski definition) is 1. The summed E-state index contributed by atoms with van der Waals surface area (Å²) in [6.07, 6.45) is 0. The van der Waals surface area contributed by atoms with Crippen molar-refractivity contribution in [3.05, 3.63) is 57.1 Å². The predicted molar refractivity (Wildman–Crippen MR) is 101 cm³/mol. The SMILES string of the molecule is CCN(CC)c1ccc(Nc2c(C#N)cc([N+](=O)[O-])cc2C#N)c(C)c1. The van der Waals surface area contributed by atoms with Crippen LogP contribution in [0.25, 0.3) is 0 Å². The molecule has 0 fully saturated rings. The summed E-state index contributed by atoms with van der Waals surface area (Å²) >= 11 is 0. The van der Waals surface area contributed by atoms with Crippen molar-refractivity contribution in [2.75, 3.05) is 23.3 Å². The zero-order valence-corrected chi connectivity index (χ0v) is 14.9. The molecule has 132 valence electrons. The second-order valence-electron chi connectivity index (χ2n) is 5.69. The summed E-state index contributed by atoms with van der Waals surface area (Å²) in [4.78, 5) is 12.6. The smallest absolute Gasteiger partial charge is 0.272 e. The van der Waals surface area contributed by atoms with Gasteiger partial charge in [-0.2, -0.15) is 10.5 Å². The quantitative estimate of drug-likeness (QED) is 0.617. The van der Waals surface area contributed by atoms with Crippen LogP contribution in [0.2, 0.25) is 0 Å². The minimum absolute atomic E-state index is 0.0583. The van der Waals surface area contributed by atoms with Gasteiger partial charge in [-0.1, -0.05) is 0 Å². The van der Waals surface area contributed by atoms with Gasteiger partial charge in [0.1, 0.15) is 12.1 Å². The van der Waals surface area contributed by atoms with Crippen LogP contribution < -0.4 is 10.2 Å². The van der Waals surface area contributed by atoms with Crippen LogP contribution in [-0.4, -0.2) is 18.0 Å². The first-order chi connectivity index (χ1) is 12.4. The summed E-state index contributed by atoms with van der Waals surface area (Å²) in [7, 11) is 0. The minimum atomic E-state index is -0.615. The third-order valence-corrected chi connectivity index (χ3v) is 4.17. The van der Waals surface area contributed by atoms with Gasteiger partial charge in [0.15, 0.2) is 0 Å². The van der Waals surface area contributed by atoms with Gasteiger partial charge in [-0.15, -0.1) is 0 Å². The molecule has 2 aromatic rings. The Morgan fingerprint density at radius 3 is 2.12 bits per heavy atom. The topological polar surface area (TPSA) is 106 Å².